The number of nitrogens with one attached hydrogen (secondary N) is 1. The van der Waals surface area contributed by atoms with Crippen LogP contribution >= 0.6 is 11.3 Å². The average Bonchev–Trinajstić information content (AvgIpc) is 3.43. The molecule has 0 aromatic carbocycles. The average molecular weight is 442 g/mol. The van der Waals surface area contributed by atoms with Crippen LogP contribution in [0.15, 0.2) is 29.9 Å². The molecule has 1 N–H and O–H groups in total. The van der Waals surface area contributed by atoms with Crippen LogP contribution in [0, 0.1) is 5.92 Å². The Bertz CT molecular complexity index is 923. The Morgan fingerprint density at radius 1 is 1.23 bits per heavy atom. The van der Waals surface area contributed by atoms with E-state index in [1.165, 1.54) is 11.3 Å². The number of carbonyl (C=O) groups excluding carboxylic acids is 3. The fourth-order valence-corrected chi connectivity index (χ4v) is 4.84. The number of pyridine rings is 1. The van der Waals surface area contributed by atoms with Gasteiger partial charge in [0.05, 0.1) is 11.5 Å². The second-order valence-electron chi connectivity index (χ2n) is 8.10. The number of aromatic nitrogens is 2. The van der Waals surface area contributed by atoms with Gasteiger partial charge in [-0.25, -0.2) is 4.98 Å². The maximum absolute atomic E-state index is 12.9. The Labute approximate surface area is 185 Å². The summed E-state index contributed by atoms with van der Waals surface area (Å²) in [5, 5.41) is 5.12. The van der Waals surface area contributed by atoms with Crippen molar-refractivity contribution in [3.05, 3.63) is 41.2 Å². The summed E-state index contributed by atoms with van der Waals surface area (Å²) in [5.74, 6) is 0.0368. The third-order valence-electron chi connectivity index (χ3n) is 5.98. The quantitative estimate of drug-likeness (QED) is 0.744. The predicted octanol–water partition coefficient (Wildman–Crippen LogP) is 2.75. The first-order valence-corrected chi connectivity index (χ1v) is 11.7. The second kappa shape index (κ2) is 9.55. The highest BCUT2D eigenvalue weighted by Gasteiger charge is 2.37. The van der Waals surface area contributed by atoms with Gasteiger partial charge >= 0.3 is 0 Å². The first-order chi connectivity index (χ1) is 15.0. The number of carbonyl (C=O) groups is 3. The molecule has 9 heteroatoms. The van der Waals surface area contributed by atoms with E-state index in [9.17, 15) is 14.4 Å². The minimum atomic E-state index is -0.224. The normalized spacial score (nSPS) is 19.6. The summed E-state index contributed by atoms with van der Waals surface area (Å²) in [6.45, 7) is 4.68. The van der Waals surface area contributed by atoms with E-state index in [0.29, 0.717) is 36.8 Å². The van der Waals surface area contributed by atoms with Crippen LogP contribution in [0.25, 0.3) is 0 Å². The highest BCUT2D eigenvalue weighted by atomic mass is 32.1. The number of piperidine rings is 1. The molecule has 0 radical (unpaired) electrons. The molecule has 2 aliphatic heterocycles. The maximum atomic E-state index is 12.9. The number of hydrogen-bond acceptors (Lipinski definition) is 6. The lowest BCUT2D eigenvalue weighted by Crippen LogP contribution is -2.42. The van der Waals surface area contributed by atoms with Gasteiger partial charge in [0.25, 0.3) is 5.91 Å². The van der Waals surface area contributed by atoms with Gasteiger partial charge in [-0.3, -0.25) is 24.7 Å². The van der Waals surface area contributed by atoms with E-state index in [1.807, 2.05) is 22.8 Å². The standard InChI is InChI=1S/C22H27N5O3S/c1-2-8-27-14-17(12-19(27)28)21(30)26-9-5-15(6-10-26)18-4-3-16(13-24-18)20(29)25-22-23-7-11-31-22/h3-4,7,11,13,15,17H,2,5-6,8-10,12,14H2,1H3,(H,23,25,29)/t17-/m1/s1. The highest BCUT2D eigenvalue weighted by Crippen LogP contribution is 2.29. The molecule has 4 heterocycles. The second-order valence-corrected chi connectivity index (χ2v) is 9.00. The molecule has 2 saturated heterocycles. The number of likely N-dealkylation sites (tertiary alicyclic amines) is 2. The van der Waals surface area contributed by atoms with E-state index in [1.54, 1.807) is 23.8 Å². The predicted molar refractivity (Wildman–Crippen MR) is 118 cm³/mol. The van der Waals surface area contributed by atoms with Gasteiger partial charge in [0, 0.05) is 62.0 Å². The number of nitrogens with zero attached hydrogens (tertiary/aromatic N) is 4. The van der Waals surface area contributed by atoms with Crippen LogP contribution < -0.4 is 5.32 Å². The Hall–Kier alpha value is -2.81. The molecule has 0 aliphatic carbocycles. The van der Waals surface area contributed by atoms with Crippen molar-refractivity contribution in [2.45, 2.75) is 38.5 Å². The first-order valence-electron chi connectivity index (χ1n) is 10.8. The summed E-state index contributed by atoms with van der Waals surface area (Å²) in [5.41, 5.74) is 1.44. The van der Waals surface area contributed by atoms with Crippen molar-refractivity contribution in [1.82, 2.24) is 19.8 Å². The number of thiazole rings is 1. The Balaban J connectivity index is 1.29. The summed E-state index contributed by atoms with van der Waals surface area (Å²) in [4.78, 5) is 49.5. The molecule has 0 bridgehead atoms. The molecule has 3 amide bonds. The molecular weight excluding hydrogens is 414 g/mol. The molecule has 0 saturated carbocycles. The van der Waals surface area contributed by atoms with Gasteiger partial charge in [0.15, 0.2) is 5.13 Å². The highest BCUT2D eigenvalue weighted by molar-refractivity contribution is 7.13. The number of amides is 3. The van der Waals surface area contributed by atoms with Crippen LogP contribution in [0.3, 0.4) is 0 Å². The van der Waals surface area contributed by atoms with Crippen LogP contribution in [0.5, 0.6) is 0 Å². The van der Waals surface area contributed by atoms with Crippen molar-refractivity contribution in [3.63, 3.8) is 0 Å². The van der Waals surface area contributed by atoms with Crippen molar-refractivity contribution in [2.75, 3.05) is 31.5 Å². The lowest BCUT2D eigenvalue weighted by Gasteiger charge is -2.33. The molecule has 0 unspecified atom stereocenters. The van der Waals surface area contributed by atoms with E-state index in [0.717, 1.165) is 31.5 Å². The van der Waals surface area contributed by atoms with Crippen LogP contribution in [-0.4, -0.2) is 63.7 Å². The van der Waals surface area contributed by atoms with Crippen LogP contribution in [0.4, 0.5) is 5.13 Å². The Morgan fingerprint density at radius 3 is 2.68 bits per heavy atom. The van der Waals surface area contributed by atoms with Crippen LogP contribution in [0.2, 0.25) is 0 Å². The zero-order chi connectivity index (χ0) is 21.8. The van der Waals surface area contributed by atoms with Crippen molar-refractivity contribution >= 4 is 34.2 Å². The number of rotatable bonds is 6. The van der Waals surface area contributed by atoms with Gasteiger partial charge in [-0.05, 0) is 31.4 Å². The van der Waals surface area contributed by atoms with E-state index in [-0.39, 0.29) is 29.6 Å². The molecule has 164 valence electrons. The van der Waals surface area contributed by atoms with Crippen molar-refractivity contribution in [3.8, 4) is 0 Å². The van der Waals surface area contributed by atoms with Gasteiger partial charge in [-0.2, -0.15) is 0 Å². The van der Waals surface area contributed by atoms with Gasteiger partial charge in [-0.1, -0.05) is 6.92 Å². The van der Waals surface area contributed by atoms with E-state index >= 15 is 0 Å². The Morgan fingerprint density at radius 2 is 2.03 bits per heavy atom. The van der Waals surface area contributed by atoms with Gasteiger partial charge < -0.3 is 9.80 Å². The van der Waals surface area contributed by atoms with Crippen LogP contribution in [-0.2, 0) is 9.59 Å². The van der Waals surface area contributed by atoms with E-state index in [2.05, 4.69) is 15.3 Å². The molecule has 0 spiro atoms. The zero-order valence-corrected chi connectivity index (χ0v) is 18.4. The Kier molecular flexibility index (Phi) is 6.60. The molecule has 4 rings (SSSR count). The minimum Gasteiger partial charge on any atom is -0.342 e. The fourth-order valence-electron chi connectivity index (χ4n) is 4.31. The minimum absolute atomic E-state index is 0.0956. The lowest BCUT2D eigenvalue weighted by molar-refractivity contribution is -0.136. The van der Waals surface area contributed by atoms with Crippen molar-refractivity contribution in [1.29, 1.82) is 0 Å². The van der Waals surface area contributed by atoms with E-state index < -0.39 is 0 Å². The summed E-state index contributed by atoms with van der Waals surface area (Å²) in [7, 11) is 0. The molecule has 2 aromatic rings. The van der Waals surface area contributed by atoms with Gasteiger partial charge in [0.2, 0.25) is 11.8 Å². The van der Waals surface area contributed by atoms with Crippen LogP contribution in [0.1, 0.15) is 54.6 Å². The van der Waals surface area contributed by atoms with E-state index in [4.69, 9.17) is 0 Å². The first kappa shape index (κ1) is 21.4. The topological polar surface area (TPSA) is 95.5 Å². The molecule has 2 fully saturated rings. The molecule has 1 atom stereocenters. The summed E-state index contributed by atoms with van der Waals surface area (Å²) in [6.07, 6.45) is 6.17. The SMILES string of the molecule is CCCN1C[C@H](C(=O)N2CCC(c3ccc(C(=O)Nc4nccs4)cn3)CC2)CC1=O. The number of anilines is 1. The van der Waals surface area contributed by atoms with Crippen molar-refractivity contribution < 1.29 is 14.4 Å². The monoisotopic (exact) mass is 441 g/mol. The third-order valence-corrected chi connectivity index (χ3v) is 6.67. The molecule has 8 nitrogen and oxygen atoms in total. The third kappa shape index (κ3) is 4.92. The smallest absolute Gasteiger partial charge is 0.259 e. The molecular formula is C22H27N5O3S. The summed E-state index contributed by atoms with van der Waals surface area (Å²) >= 11 is 1.37. The molecule has 31 heavy (non-hydrogen) atoms. The summed E-state index contributed by atoms with van der Waals surface area (Å²) < 4.78 is 0. The van der Waals surface area contributed by atoms with Crippen molar-refractivity contribution in [2.24, 2.45) is 5.92 Å². The summed E-state index contributed by atoms with van der Waals surface area (Å²) in [6, 6.07) is 3.69. The molecule has 2 aromatic heterocycles. The number of hydrogen-bond donors (Lipinski definition) is 1. The van der Waals surface area contributed by atoms with Gasteiger partial charge in [0.1, 0.15) is 0 Å². The lowest BCUT2D eigenvalue weighted by atomic mass is 9.92. The maximum Gasteiger partial charge on any atom is 0.259 e. The zero-order valence-electron chi connectivity index (χ0n) is 17.6. The fraction of sp³-hybridized carbons (Fsp3) is 0.500. The van der Waals surface area contributed by atoms with Gasteiger partial charge in [-0.15, -0.1) is 11.3 Å². The largest absolute Gasteiger partial charge is 0.342 e. The molecule has 2 aliphatic rings.